The standard InChI is InChI=1S/C17H26FNO/c1-11-5-7-13(10-14(11)18)20-16-9-12(17(2,3)4)6-8-15(16)19/h5,7,10,12,15-16H,6,8-9,19H2,1-4H3. The fourth-order valence-corrected chi connectivity index (χ4v) is 2.90. The highest BCUT2D eigenvalue weighted by Crippen LogP contribution is 2.38. The number of hydrogen-bond donors (Lipinski definition) is 1. The quantitative estimate of drug-likeness (QED) is 0.886. The molecule has 0 saturated heterocycles. The van der Waals surface area contributed by atoms with Crippen molar-refractivity contribution < 1.29 is 9.13 Å². The smallest absolute Gasteiger partial charge is 0.129 e. The first-order chi connectivity index (χ1) is 9.27. The van der Waals surface area contributed by atoms with Gasteiger partial charge in [0.15, 0.2) is 0 Å². The van der Waals surface area contributed by atoms with Gasteiger partial charge in [-0.25, -0.2) is 4.39 Å². The van der Waals surface area contributed by atoms with E-state index in [4.69, 9.17) is 10.5 Å². The highest BCUT2D eigenvalue weighted by atomic mass is 19.1. The molecule has 0 aromatic heterocycles. The maximum absolute atomic E-state index is 13.6. The molecular formula is C17H26FNO. The molecule has 112 valence electrons. The third-order valence-corrected chi connectivity index (χ3v) is 4.50. The molecule has 3 heteroatoms. The van der Waals surface area contributed by atoms with Gasteiger partial charge in [0, 0.05) is 12.1 Å². The molecule has 3 unspecified atom stereocenters. The Labute approximate surface area is 121 Å². The van der Waals surface area contributed by atoms with E-state index in [1.54, 1.807) is 13.0 Å². The van der Waals surface area contributed by atoms with E-state index < -0.39 is 0 Å². The number of rotatable bonds is 2. The van der Waals surface area contributed by atoms with E-state index in [1.807, 2.05) is 6.07 Å². The molecule has 2 rings (SSSR count). The lowest BCUT2D eigenvalue weighted by Gasteiger charge is -2.40. The summed E-state index contributed by atoms with van der Waals surface area (Å²) in [6.07, 6.45) is 3.04. The number of nitrogens with two attached hydrogens (primary N) is 1. The number of hydrogen-bond acceptors (Lipinski definition) is 2. The van der Waals surface area contributed by atoms with Crippen molar-refractivity contribution in [1.82, 2.24) is 0 Å². The van der Waals surface area contributed by atoms with Crippen LogP contribution in [0.4, 0.5) is 4.39 Å². The van der Waals surface area contributed by atoms with Crippen molar-refractivity contribution in [3.8, 4) is 5.75 Å². The Morgan fingerprint density at radius 2 is 1.95 bits per heavy atom. The Hall–Kier alpha value is -1.09. The lowest BCUT2D eigenvalue weighted by atomic mass is 9.70. The summed E-state index contributed by atoms with van der Waals surface area (Å²) in [5.41, 5.74) is 7.08. The van der Waals surface area contributed by atoms with Crippen LogP contribution in [0.25, 0.3) is 0 Å². The van der Waals surface area contributed by atoms with Crippen LogP contribution in [0.15, 0.2) is 18.2 Å². The zero-order valence-electron chi connectivity index (χ0n) is 12.9. The van der Waals surface area contributed by atoms with Crippen molar-refractivity contribution in [2.24, 2.45) is 17.1 Å². The topological polar surface area (TPSA) is 35.2 Å². The Kier molecular flexibility index (Phi) is 4.38. The summed E-state index contributed by atoms with van der Waals surface area (Å²) < 4.78 is 19.5. The maximum Gasteiger partial charge on any atom is 0.129 e. The fraction of sp³-hybridized carbons (Fsp3) is 0.647. The second-order valence-corrected chi connectivity index (χ2v) is 7.11. The van der Waals surface area contributed by atoms with E-state index in [1.165, 1.54) is 6.07 Å². The highest BCUT2D eigenvalue weighted by Gasteiger charge is 2.35. The van der Waals surface area contributed by atoms with E-state index >= 15 is 0 Å². The number of aryl methyl sites for hydroxylation is 1. The molecule has 1 aromatic rings. The summed E-state index contributed by atoms with van der Waals surface area (Å²) in [6.45, 7) is 8.53. The number of benzene rings is 1. The fourth-order valence-electron chi connectivity index (χ4n) is 2.90. The summed E-state index contributed by atoms with van der Waals surface area (Å²) in [6, 6.07) is 5.08. The number of ether oxygens (including phenoxy) is 1. The average Bonchev–Trinajstić information content (AvgIpc) is 2.35. The van der Waals surface area contributed by atoms with Crippen LogP contribution in [0.1, 0.15) is 45.6 Å². The summed E-state index contributed by atoms with van der Waals surface area (Å²) in [7, 11) is 0. The van der Waals surface area contributed by atoms with Crippen molar-refractivity contribution in [1.29, 1.82) is 0 Å². The van der Waals surface area contributed by atoms with E-state index in [0.29, 0.717) is 17.2 Å². The Balaban J connectivity index is 2.08. The zero-order valence-corrected chi connectivity index (χ0v) is 12.9. The molecule has 1 fully saturated rings. The summed E-state index contributed by atoms with van der Waals surface area (Å²) >= 11 is 0. The van der Waals surface area contributed by atoms with Crippen molar-refractivity contribution >= 4 is 0 Å². The lowest BCUT2D eigenvalue weighted by molar-refractivity contribution is 0.0590. The SMILES string of the molecule is Cc1ccc(OC2CC(C(C)(C)C)CCC2N)cc1F. The van der Waals surface area contributed by atoms with Crippen molar-refractivity contribution in [3.63, 3.8) is 0 Å². The molecule has 20 heavy (non-hydrogen) atoms. The highest BCUT2D eigenvalue weighted by molar-refractivity contribution is 5.28. The van der Waals surface area contributed by atoms with Gasteiger partial charge in [0.05, 0.1) is 0 Å². The van der Waals surface area contributed by atoms with Crippen LogP contribution in [-0.4, -0.2) is 12.1 Å². The molecule has 3 atom stereocenters. The molecule has 0 amide bonds. The molecule has 2 N–H and O–H groups in total. The van der Waals surface area contributed by atoms with E-state index in [0.717, 1.165) is 19.3 Å². The lowest BCUT2D eigenvalue weighted by Crippen LogP contribution is -2.46. The molecule has 0 aliphatic heterocycles. The van der Waals surface area contributed by atoms with Gasteiger partial charge in [-0.05, 0) is 49.1 Å². The Bertz CT molecular complexity index is 467. The van der Waals surface area contributed by atoms with Crippen LogP contribution in [-0.2, 0) is 0 Å². The molecule has 2 nitrogen and oxygen atoms in total. The maximum atomic E-state index is 13.6. The molecule has 0 spiro atoms. The number of halogens is 1. The summed E-state index contributed by atoms with van der Waals surface area (Å²) in [5.74, 6) is 0.963. The zero-order chi connectivity index (χ0) is 14.9. The van der Waals surface area contributed by atoms with Gasteiger partial charge >= 0.3 is 0 Å². The Morgan fingerprint density at radius 1 is 1.25 bits per heavy atom. The minimum absolute atomic E-state index is 0.0184. The van der Waals surface area contributed by atoms with Crippen LogP contribution in [0, 0.1) is 24.1 Å². The van der Waals surface area contributed by atoms with Crippen molar-refractivity contribution in [3.05, 3.63) is 29.6 Å². The third kappa shape index (κ3) is 3.51. The molecule has 1 aliphatic carbocycles. The summed E-state index contributed by atoms with van der Waals surface area (Å²) in [4.78, 5) is 0. The first-order valence-corrected chi connectivity index (χ1v) is 7.46. The molecule has 1 saturated carbocycles. The average molecular weight is 279 g/mol. The monoisotopic (exact) mass is 279 g/mol. The van der Waals surface area contributed by atoms with Gasteiger partial charge in [-0.1, -0.05) is 26.8 Å². The molecule has 0 bridgehead atoms. The predicted molar refractivity (Wildman–Crippen MR) is 80.3 cm³/mol. The van der Waals surface area contributed by atoms with Crippen LogP contribution in [0.2, 0.25) is 0 Å². The van der Waals surface area contributed by atoms with Crippen molar-refractivity contribution in [2.45, 2.75) is 59.1 Å². The first kappa shape index (κ1) is 15.3. The van der Waals surface area contributed by atoms with Crippen LogP contribution >= 0.6 is 0 Å². The minimum atomic E-state index is -0.223. The largest absolute Gasteiger partial charge is 0.489 e. The Morgan fingerprint density at radius 3 is 2.55 bits per heavy atom. The summed E-state index contributed by atoms with van der Waals surface area (Å²) in [5, 5.41) is 0. The second kappa shape index (κ2) is 5.72. The molecule has 1 aromatic carbocycles. The van der Waals surface area contributed by atoms with Gasteiger partial charge in [-0.2, -0.15) is 0 Å². The normalized spacial score (nSPS) is 27.4. The molecular weight excluding hydrogens is 253 g/mol. The van der Waals surface area contributed by atoms with Gasteiger partial charge in [0.25, 0.3) is 0 Å². The molecule has 1 aliphatic rings. The van der Waals surface area contributed by atoms with Crippen LogP contribution < -0.4 is 10.5 Å². The van der Waals surface area contributed by atoms with Gasteiger partial charge in [-0.15, -0.1) is 0 Å². The van der Waals surface area contributed by atoms with Gasteiger partial charge in [0.2, 0.25) is 0 Å². The first-order valence-electron chi connectivity index (χ1n) is 7.46. The minimum Gasteiger partial charge on any atom is -0.489 e. The van der Waals surface area contributed by atoms with Gasteiger partial charge < -0.3 is 10.5 Å². The third-order valence-electron chi connectivity index (χ3n) is 4.50. The van der Waals surface area contributed by atoms with E-state index in [9.17, 15) is 4.39 Å². The van der Waals surface area contributed by atoms with Crippen LogP contribution in [0.5, 0.6) is 5.75 Å². The predicted octanol–water partition coefficient (Wildman–Crippen LogP) is 4.06. The van der Waals surface area contributed by atoms with Crippen molar-refractivity contribution in [2.75, 3.05) is 0 Å². The molecule has 0 heterocycles. The van der Waals surface area contributed by atoms with Gasteiger partial charge in [0.1, 0.15) is 17.7 Å². The van der Waals surface area contributed by atoms with E-state index in [-0.39, 0.29) is 23.4 Å². The van der Waals surface area contributed by atoms with E-state index in [2.05, 4.69) is 20.8 Å². The van der Waals surface area contributed by atoms with Crippen LogP contribution in [0.3, 0.4) is 0 Å². The second-order valence-electron chi connectivity index (χ2n) is 7.11. The molecule has 0 radical (unpaired) electrons. The van der Waals surface area contributed by atoms with Gasteiger partial charge in [-0.3, -0.25) is 0 Å².